The first-order valence-electron chi connectivity index (χ1n) is 5.64. The fourth-order valence-electron chi connectivity index (χ4n) is 2.14. The molecule has 0 amide bonds. The second-order valence-corrected chi connectivity index (χ2v) is 4.37. The Morgan fingerprint density at radius 1 is 1.67 bits per heavy atom. The minimum Gasteiger partial charge on any atom is -0.468 e. The van der Waals surface area contributed by atoms with E-state index in [0.717, 1.165) is 25.6 Å². The van der Waals surface area contributed by atoms with Crippen LogP contribution in [0.1, 0.15) is 19.8 Å². The highest BCUT2D eigenvalue weighted by molar-refractivity contribution is 5.75. The summed E-state index contributed by atoms with van der Waals surface area (Å²) in [4.78, 5) is 13.7. The molecule has 0 aliphatic carbocycles. The number of ether oxygens (including phenoxy) is 1. The van der Waals surface area contributed by atoms with Crippen LogP contribution in [0.2, 0.25) is 0 Å². The predicted molar refractivity (Wildman–Crippen MR) is 59.7 cm³/mol. The van der Waals surface area contributed by atoms with E-state index in [1.807, 2.05) is 0 Å². The number of hydrogen-bond donors (Lipinski definition) is 1. The number of esters is 1. The molecule has 1 saturated heterocycles. The normalized spacial score (nSPS) is 24.9. The van der Waals surface area contributed by atoms with Crippen LogP contribution in [-0.4, -0.2) is 50.7 Å². The Morgan fingerprint density at radius 2 is 2.40 bits per heavy atom. The van der Waals surface area contributed by atoms with Gasteiger partial charge < -0.3 is 15.0 Å². The molecule has 1 N–H and O–H groups in total. The fraction of sp³-hybridized carbons (Fsp3) is 0.909. The molecule has 1 aliphatic rings. The van der Waals surface area contributed by atoms with Gasteiger partial charge in [0.1, 0.15) is 6.04 Å². The first-order chi connectivity index (χ1) is 7.17. The Bertz CT molecular complexity index is 209. The molecule has 15 heavy (non-hydrogen) atoms. The minimum atomic E-state index is -0.194. The van der Waals surface area contributed by atoms with Gasteiger partial charge in [-0.25, -0.2) is 0 Å². The third kappa shape index (κ3) is 3.80. The topological polar surface area (TPSA) is 41.6 Å². The molecule has 4 nitrogen and oxygen atoms in total. The van der Waals surface area contributed by atoms with E-state index in [-0.39, 0.29) is 12.0 Å². The highest BCUT2D eigenvalue weighted by Crippen LogP contribution is 2.15. The number of hydrogen-bond acceptors (Lipinski definition) is 4. The van der Waals surface area contributed by atoms with Crippen molar-refractivity contribution in [2.75, 3.05) is 33.8 Å². The molecule has 0 aromatic rings. The van der Waals surface area contributed by atoms with Crippen LogP contribution in [0.3, 0.4) is 0 Å². The Hall–Kier alpha value is -0.610. The number of carbonyl (C=O) groups is 1. The Morgan fingerprint density at radius 3 is 2.93 bits per heavy atom. The summed E-state index contributed by atoms with van der Waals surface area (Å²) in [7, 11) is 3.24. The number of nitrogens with one attached hydrogen (secondary N) is 1. The van der Waals surface area contributed by atoms with E-state index < -0.39 is 0 Å². The molecule has 4 heteroatoms. The van der Waals surface area contributed by atoms with Gasteiger partial charge in [-0.2, -0.15) is 0 Å². The zero-order valence-electron chi connectivity index (χ0n) is 9.95. The van der Waals surface area contributed by atoms with E-state index in [1.54, 1.807) is 7.05 Å². The first kappa shape index (κ1) is 12.5. The van der Waals surface area contributed by atoms with Crippen molar-refractivity contribution in [1.29, 1.82) is 0 Å². The summed E-state index contributed by atoms with van der Waals surface area (Å²) in [5, 5.41) is 3.00. The lowest BCUT2D eigenvalue weighted by molar-refractivity contribution is -0.143. The molecule has 0 aromatic carbocycles. The molecule has 1 fully saturated rings. The summed E-state index contributed by atoms with van der Waals surface area (Å²) < 4.78 is 4.74. The highest BCUT2D eigenvalue weighted by Gasteiger charge is 2.23. The third-order valence-corrected chi connectivity index (χ3v) is 3.02. The second kappa shape index (κ2) is 6.08. The number of likely N-dealkylation sites (tertiary alicyclic amines) is 1. The van der Waals surface area contributed by atoms with Crippen molar-refractivity contribution in [1.82, 2.24) is 10.2 Å². The lowest BCUT2D eigenvalue weighted by Gasteiger charge is -2.32. The number of rotatable bonds is 4. The zero-order valence-corrected chi connectivity index (χ0v) is 9.95. The molecule has 1 aliphatic heterocycles. The monoisotopic (exact) mass is 214 g/mol. The first-order valence-corrected chi connectivity index (χ1v) is 5.64. The molecule has 0 saturated carbocycles. The summed E-state index contributed by atoms with van der Waals surface area (Å²) in [6.45, 7) is 5.21. The summed E-state index contributed by atoms with van der Waals surface area (Å²) in [5.74, 6) is 0.574. The van der Waals surface area contributed by atoms with Crippen LogP contribution in [-0.2, 0) is 9.53 Å². The van der Waals surface area contributed by atoms with Gasteiger partial charge in [-0.15, -0.1) is 0 Å². The van der Waals surface area contributed by atoms with Crippen molar-refractivity contribution in [2.24, 2.45) is 5.92 Å². The van der Waals surface area contributed by atoms with Gasteiger partial charge in [-0.3, -0.25) is 4.79 Å². The fourth-order valence-corrected chi connectivity index (χ4v) is 2.14. The maximum absolute atomic E-state index is 11.4. The Labute approximate surface area is 92.0 Å². The van der Waals surface area contributed by atoms with Crippen LogP contribution >= 0.6 is 0 Å². The molecule has 0 radical (unpaired) electrons. The highest BCUT2D eigenvalue weighted by atomic mass is 16.5. The van der Waals surface area contributed by atoms with E-state index >= 15 is 0 Å². The lowest BCUT2D eigenvalue weighted by Crippen LogP contribution is -2.47. The molecular formula is C11H22N2O2. The van der Waals surface area contributed by atoms with Gasteiger partial charge in [0.25, 0.3) is 0 Å². The number of piperidine rings is 1. The van der Waals surface area contributed by atoms with Crippen LogP contribution in [0, 0.1) is 5.92 Å². The van der Waals surface area contributed by atoms with E-state index in [9.17, 15) is 4.79 Å². The minimum absolute atomic E-state index is 0.171. The second-order valence-electron chi connectivity index (χ2n) is 4.37. The van der Waals surface area contributed by atoms with Gasteiger partial charge in [0.05, 0.1) is 7.11 Å². The van der Waals surface area contributed by atoms with Crippen molar-refractivity contribution < 1.29 is 9.53 Å². The summed E-state index contributed by atoms with van der Waals surface area (Å²) in [5.41, 5.74) is 0. The largest absolute Gasteiger partial charge is 0.468 e. The number of likely N-dealkylation sites (N-methyl/N-ethyl adjacent to an activating group) is 1. The van der Waals surface area contributed by atoms with Crippen LogP contribution < -0.4 is 5.32 Å². The van der Waals surface area contributed by atoms with E-state index in [2.05, 4.69) is 17.1 Å². The number of nitrogens with zero attached hydrogens (tertiary/aromatic N) is 1. The average molecular weight is 214 g/mol. The number of methoxy groups -OCH3 is 1. The smallest absolute Gasteiger partial charge is 0.324 e. The van der Waals surface area contributed by atoms with Gasteiger partial charge in [-0.1, -0.05) is 6.92 Å². The predicted octanol–water partition coefficient (Wildman–Crippen LogP) is 0.479. The van der Waals surface area contributed by atoms with Gasteiger partial charge >= 0.3 is 5.97 Å². The molecular weight excluding hydrogens is 192 g/mol. The van der Waals surface area contributed by atoms with Crippen molar-refractivity contribution in [3.8, 4) is 0 Å². The van der Waals surface area contributed by atoms with Crippen molar-refractivity contribution >= 4 is 5.97 Å². The zero-order chi connectivity index (χ0) is 11.3. The molecule has 2 unspecified atom stereocenters. The summed E-state index contributed by atoms with van der Waals surface area (Å²) >= 11 is 0. The van der Waals surface area contributed by atoms with Gasteiger partial charge in [0.15, 0.2) is 0 Å². The summed E-state index contributed by atoms with van der Waals surface area (Å²) in [6, 6.07) is -0.194. The van der Waals surface area contributed by atoms with Crippen molar-refractivity contribution in [2.45, 2.75) is 25.8 Å². The molecule has 0 spiro atoms. The molecule has 0 aromatic heterocycles. The maximum Gasteiger partial charge on any atom is 0.324 e. The SMILES string of the molecule is CNC(CN1CCCC(C)C1)C(=O)OC. The van der Waals surface area contributed by atoms with Crippen LogP contribution in [0.25, 0.3) is 0 Å². The van der Waals surface area contributed by atoms with Gasteiger partial charge in [-0.05, 0) is 32.4 Å². The molecule has 1 heterocycles. The molecule has 88 valence electrons. The quantitative estimate of drug-likeness (QED) is 0.691. The van der Waals surface area contributed by atoms with Crippen molar-refractivity contribution in [3.63, 3.8) is 0 Å². The lowest BCUT2D eigenvalue weighted by atomic mass is 10.00. The van der Waals surface area contributed by atoms with Gasteiger partial charge in [0.2, 0.25) is 0 Å². The van der Waals surface area contributed by atoms with Crippen LogP contribution in [0.5, 0.6) is 0 Å². The van der Waals surface area contributed by atoms with E-state index in [4.69, 9.17) is 4.74 Å². The van der Waals surface area contributed by atoms with Crippen LogP contribution in [0.15, 0.2) is 0 Å². The average Bonchev–Trinajstić information content (AvgIpc) is 2.25. The molecule has 0 bridgehead atoms. The van der Waals surface area contributed by atoms with E-state index in [1.165, 1.54) is 20.0 Å². The van der Waals surface area contributed by atoms with Gasteiger partial charge in [0, 0.05) is 13.1 Å². The molecule has 1 rings (SSSR count). The third-order valence-electron chi connectivity index (χ3n) is 3.02. The van der Waals surface area contributed by atoms with E-state index in [0.29, 0.717) is 0 Å². The molecule has 2 atom stereocenters. The van der Waals surface area contributed by atoms with Crippen LogP contribution in [0.4, 0.5) is 0 Å². The Balaban J connectivity index is 2.40. The maximum atomic E-state index is 11.4. The van der Waals surface area contributed by atoms with Crippen molar-refractivity contribution in [3.05, 3.63) is 0 Å². The summed E-state index contributed by atoms with van der Waals surface area (Å²) in [6.07, 6.45) is 2.54. The standard InChI is InChI=1S/C11H22N2O2/c1-9-5-4-6-13(7-9)8-10(12-2)11(14)15-3/h9-10,12H,4-8H2,1-3H3. The Kier molecular flexibility index (Phi) is 5.05. The number of carbonyl (C=O) groups excluding carboxylic acids is 1.